The van der Waals surface area contributed by atoms with Crippen molar-refractivity contribution >= 4 is 0 Å². The van der Waals surface area contributed by atoms with Gasteiger partial charge in [-0.05, 0) is 36.6 Å². The van der Waals surface area contributed by atoms with Crippen LogP contribution in [0.1, 0.15) is 12.0 Å². The summed E-state index contributed by atoms with van der Waals surface area (Å²) in [7, 11) is 0. The minimum Gasteiger partial charge on any atom is -0.457 e. The summed E-state index contributed by atoms with van der Waals surface area (Å²) in [5.74, 6) is 1.81. The molecular weight excluding hydrogens is 262 g/mol. The first kappa shape index (κ1) is 14.1. The molecule has 21 heavy (non-hydrogen) atoms. The highest BCUT2D eigenvalue weighted by atomic mass is 16.5. The van der Waals surface area contributed by atoms with Crippen LogP contribution in [-0.4, -0.2) is 25.8 Å². The largest absolute Gasteiger partial charge is 0.457 e. The molecule has 1 fully saturated rings. The second kappa shape index (κ2) is 7.25. The third-order valence-electron chi connectivity index (χ3n) is 3.68. The van der Waals surface area contributed by atoms with Gasteiger partial charge in [-0.2, -0.15) is 0 Å². The molecule has 1 aliphatic heterocycles. The van der Waals surface area contributed by atoms with Crippen molar-refractivity contribution in [1.82, 2.24) is 5.32 Å². The highest BCUT2D eigenvalue weighted by molar-refractivity contribution is 5.37. The lowest BCUT2D eigenvalue weighted by atomic mass is 10.1. The van der Waals surface area contributed by atoms with Crippen molar-refractivity contribution in [2.24, 2.45) is 0 Å². The predicted octanol–water partition coefficient (Wildman–Crippen LogP) is 3.40. The van der Waals surface area contributed by atoms with Crippen LogP contribution in [0.3, 0.4) is 0 Å². The number of benzene rings is 2. The molecule has 0 spiro atoms. The molecule has 0 aromatic heterocycles. The third kappa shape index (κ3) is 4.06. The van der Waals surface area contributed by atoms with E-state index in [0.717, 1.165) is 44.0 Å². The third-order valence-corrected chi connectivity index (χ3v) is 3.68. The smallest absolute Gasteiger partial charge is 0.130 e. The average molecular weight is 283 g/mol. The Labute approximate surface area is 125 Å². The van der Waals surface area contributed by atoms with E-state index in [-0.39, 0.29) is 0 Å². The molecule has 1 unspecified atom stereocenters. The van der Waals surface area contributed by atoms with Crippen molar-refractivity contribution in [1.29, 1.82) is 0 Å². The maximum Gasteiger partial charge on any atom is 0.130 e. The highest BCUT2D eigenvalue weighted by Crippen LogP contribution is 2.26. The van der Waals surface area contributed by atoms with Crippen molar-refractivity contribution in [2.45, 2.75) is 18.9 Å². The number of aryl methyl sites for hydroxylation is 1. The molecule has 1 saturated heterocycles. The lowest BCUT2D eigenvalue weighted by Gasteiger charge is -2.23. The van der Waals surface area contributed by atoms with E-state index in [1.165, 1.54) is 5.56 Å². The zero-order valence-corrected chi connectivity index (χ0v) is 12.1. The van der Waals surface area contributed by atoms with E-state index in [1.807, 2.05) is 42.5 Å². The van der Waals surface area contributed by atoms with Crippen LogP contribution >= 0.6 is 0 Å². The standard InChI is InChI=1S/C18H21NO2/c1-2-7-16(8-3-1)21-18-9-5-4-6-15(18)10-11-17-14-19-12-13-20-17/h1-9,17,19H,10-14H2. The topological polar surface area (TPSA) is 30.5 Å². The molecule has 0 amide bonds. The van der Waals surface area contributed by atoms with Crippen LogP contribution in [0, 0.1) is 0 Å². The molecule has 0 bridgehead atoms. The van der Waals surface area contributed by atoms with Crippen molar-refractivity contribution < 1.29 is 9.47 Å². The van der Waals surface area contributed by atoms with Gasteiger partial charge in [0, 0.05) is 13.1 Å². The Balaban J connectivity index is 1.64. The SMILES string of the molecule is c1ccc(Oc2ccccc2CCC2CNCCO2)cc1. The minimum absolute atomic E-state index is 0.309. The maximum absolute atomic E-state index is 5.99. The van der Waals surface area contributed by atoms with Crippen LogP contribution in [0.25, 0.3) is 0 Å². The number of para-hydroxylation sites is 2. The molecule has 2 aromatic carbocycles. The molecule has 1 atom stereocenters. The van der Waals surface area contributed by atoms with Crippen molar-refractivity contribution in [3.63, 3.8) is 0 Å². The van der Waals surface area contributed by atoms with E-state index >= 15 is 0 Å². The fraction of sp³-hybridized carbons (Fsp3) is 0.333. The summed E-state index contributed by atoms with van der Waals surface area (Å²) in [6, 6.07) is 18.2. The summed E-state index contributed by atoms with van der Waals surface area (Å²) >= 11 is 0. The molecular formula is C18H21NO2. The number of rotatable bonds is 5. The van der Waals surface area contributed by atoms with Crippen LogP contribution in [0.15, 0.2) is 54.6 Å². The number of ether oxygens (including phenoxy) is 2. The van der Waals surface area contributed by atoms with Gasteiger partial charge in [0.25, 0.3) is 0 Å². The summed E-state index contributed by atoms with van der Waals surface area (Å²) in [6.45, 7) is 2.72. The lowest BCUT2D eigenvalue weighted by Crippen LogP contribution is -2.38. The summed E-state index contributed by atoms with van der Waals surface area (Å²) in [5.41, 5.74) is 1.23. The van der Waals surface area contributed by atoms with Crippen LogP contribution in [0.2, 0.25) is 0 Å². The van der Waals surface area contributed by atoms with E-state index in [2.05, 4.69) is 17.4 Å². The molecule has 1 aliphatic rings. The quantitative estimate of drug-likeness (QED) is 0.912. The van der Waals surface area contributed by atoms with Gasteiger partial charge >= 0.3 is 0 Å². The van der Waals surface area contributed by atoms with Crippen molar-refractivity contribution in [3.05, 3.63) is 60.2 Å². The van der Waals surface area contributed by atoms with Gasteiger partial charge in [0.2, 0.25) is 0 Å². The fourth-order valence-electron chi connectivity index (χ4n) is 2.55. The number of hydrogen-bond donors (Lipinski definition) is 1. The van der Waals surface area contributed by atoms with Gasteiger partial charge in [-0.1, -0.05) is 36.4 Å². The van der Waals surface area contributed by atoms with Gasteiger partial charge in [-0.15, -0.1) is 0 Å². The van der Waals surface area contributed by atoms with Crippen LogP contribution in [-0.2, 0) is 11.2 Å². The molecule has 3 heteroatoms. The Hall–Kier alpha value is -1.84. The first-order valence-electron chi connectivity index (χ1n) is 7.55. The molecule has 0 saturated carbocycles. The van der Waals surface area contributed by atoms with Crippen molar-refractivity contribution in [2.75, 3.05) is 19.7 Å². The minimum atomic E-state index is 0.309. The highest BCUT2D eigenvalue weighted by Gasteiger charge is 2.14. The van der Waals surface area contributed by atoms with E-state index in [4.69, 9.17) is 9.47 Å². The number of nitrogens with one attached hydrogen (secondary N) is 1. The van der Waals surface area contributed by atoms with Gasteiger partial charge in [0.05, 0.1) is 12.7 Å². The van der Waals surface area contributed by atoms with Crippen molar-refractivity contribution in [3.8, 4) is 11.5 Å². The average Bonchev–Trinajstić information content (AvgIpc) is 2.56. The number of morpholine rings is 1. The summed E-state index contributed by atoms with van der Waals surface area (Å²) in [4.78, 5) is 0. The zero-order valence-electron chi connectivity index (χ0n) is 12.1. The normalized spacial score (nSPS) is 18.4. The van der Waals surface area contributed by atoms with E-state index in [1.54, 1.807) is 0 Å². The molecule has 0 aliphatic carbocycles. The van der Waals surface area contributed by atoms with Gasteiger partial charge in [0.1, 0.15) is 11.5 Å². The summed E-state index contributed by atoms with van der Waals surface area (Å²) in [5, 5.41) is 3.37. The Morgan fingerprint density at radius 3 is 2.67 bits per heavy atom. The zero-order chi connectivity index (χ0) is 14.3. The molecule has 0 radical (unpaired) electrons. The summed E-state index contributed by atoms with van der Waals surface area (Å²) < 4.78 is 11.7. The Bertz CT molecular complexity index is 550. The predicted molar refractivity (Wildman–Crippen MR) is 83.9 cm³/mol. The van der Waals surface area contributed by atoms with Crippen LogP contribution < -0.4 is 10.1 Å². The Kier molecular flexibility index (Phi) is 4.87. The summed E-state index contributed by atoms with van der Waals surface area (Å²) in [6.07, 6.45) is 2.29. The van der Waals surface area contributed by atoms with Gasteiger partial charge < -0.3 is 14.8 Å². The molecule has 1 heterocycles. The Morgan fingerprint density at radius 2 is 1.86 bits per heavy atom. The first-order valence-corrected chi connectivity index (χ1v) is 7.55. The first-order chi connectivity index (χ1) is 10.4. The van der Waals surface area contributed by atoms with Crippen LogP contribution in [0.4, 0.5) is 0 Å². The fourth-order valence-corrected chi connectivity index (χ4v) is 2.55. The monoisotopic (exact) mass is 283 g/mol. The second-order valence-corrected chi connectivity index (χ2v) is 5.26. The molecule has 110 valence electrons. The van der Waals surface area contributed by atoms with Gasteiger partial charge in [-0.3, -0.25) is 0 Å². The molecule has 1 N–H and O–H groups in total. The van der Waals surface area contributed by atoms with Crippen LogP contribution in [0.5, 0.6) is 11.5 Å². The Morgan fingerprint density at radius 1 is 1.05 bits per heavy atom. The van der Waals surface area contributed by atoms with Gasteiger partial charge in [0.15, 0.2) is 0 Å². The molecule has 3 nitrogen and oxygen atoms in total. The molecule has 3 rings (SSSR count). The van der Waals surface area contributed by atoms with E-state index in [9.17, 15) is 0 Å². The molecule has 2 aromatic rings. The van der Waals surface area contributed by atoms with E-state index < -0.39 is 0 Å². The van der Waals surface area contributed by atoms with E-state index in [0.29, 0.717) is 6.10 Å². The number of hydrogen-bond acceptors (Lipinski definition) is 3. The lowest BCUT2D eigenvalue weighted by molar-refractivity contribution is 0.0238. The maximum atomic E-state index is 5.99. The van der Waals surface area contributed by atoms with Gasteiger partial charge in [-0.25, -0.2) is 0 Å². The second-order valence-electron chi connectivity index (χ2n) is 5.26.